The summed E-state index contributed by atoms with van der Waals surface area (Å²) in [5.41, 5.74) is 4.33. The molecule has 0 unspecified atom stereocenters. The summed E-state index contributed by atoms with van der Waals surface area (Å²) < 4.78 is 6.11. The first-order valence-electron chi connectivity index (χ1n) is 11.9. The van der Waals surface area contributed by atoms with E-state index in [9.17, 15) is 4.79 Å². The molecule has 34 heavy (non-hydrogen) atoms. The maximum atomic E-state index is 13.0. The molecule has 1 aromatic carbocycles. The summed E-state index contributed by atoms with van der Waals surface area (Å²) in [5, 5.41) is 2.85. The molecule has 1 amide bonds. The number of carbonyl (C=O) groups is 1. The minimum atomic E-state index is -0.315. The molecule has 1 spiro atoms. The maximum absolute atomic E-state index is 13.0. The quantitative estimate of drug-likeness (QED) is 0.576. The van der Waals surface area contributed by atoms with Gasteiger partial charge in [0.15, 0.2) is 0 Å². The minimum Gasteiger partial charge on any atom is -0.472 e. The van der Waals surface area contributed by atoms with Gasteiger partial charge in [0.1, 0.15) is 18.0 Å². The van der Waals surface area contributed by atoms with Crippen molar-refractivity contribution in [2.45, 2.75) is 52.7 Å². The molecule has 0 bridgehead atoms. The molecule has 1 saturated heterocycles. The lowest BCUT2D eigenvalue weighted by Gasteiger charge is -2.32. The van der Waals surface area contributed by atoms with Crippen LogP contribution in [0.3, 0.4) is 0 Å². The number of ether oxygens (including phenoxy) is 1. The molecular formula is C26H30N6O2. The van der Waals surface area contributed by atoms with Gasteiger partial charge in [-0.05, 0) is 67.7 Å². The topological polar surface area (TPSA) is 93.1 Å². The molecule has 2 aliphatic rings. The fourth-order valence-corrected chi connectivity index (χ4v) is 4.35. The largest absolute Gasteiger partial charge is 0.472 e. The van der Waals surface area contributed by atoms with Gasteiger partial charge in [0.2, 0.25) is 11.8 Å². The summed E-state index contributed by atoms with van der Waals surface area (Å²) in [6, 6.07) is 7.96. The number of aryl methyl sites for hydroxylation is 2. The number of benzene rings is 1. The molecule has 3 aromatic rings. The van der Waals surface area contributed by atoms with Gasteiger partial charge in [-0.2, -0.15) is 4.98 Å². The van der Waals surface area contributed by atoms with Crippen molar-refractivity contribution < 1.29 is 9.53 Å². The Hall–Kier alpha value is -3.55. The van der Waals surface area contributed by atoms with E-state index >= 15 is 0 Å². The van der Waals surface area contributed by atoms with Crippen molar-refractivity contribution in [3.63, 3.8) is 0 Å². The smallest absolute Gasteiger partial charge is 0.258 e. The summed E-state index contributed by atoms with van der Waals surface area (Å²) in [6.07, 6.45) is 9.90. The monoisotopic (exact) mass is 458 g/mol. The fourth-order valence-electron chi connectivity index (χ4n) is 4.35. The van der Waals surface area contributed by atoms with Gasteiger partial charge in [0.05, 0.1) is 6.54 Å². The predicted molar refractivity (Wildman–Crippen MR) is 129 cm³/mol. The third kappa shape index (κ3) is 5.00. The van der Waals surface area contributed by atoms with Gasteiger partial charge >= 0.3 is 0 Å². The Balaban J connectivity index is 1.34. The van der Waals surface area contributed by atoms with Crippen molar-refractivity contribution in [1.82, 2.24) is 25.3 Å². The lowest BCUT2D eigenvalue weighted by Crippen LogP contribution is -2.36. The molecule has 0 radical (unpaired) electrons. The third-order valence-electron chi connectivity index (χ3n) is 7.02. The van der Waals surface area contributed by atoms with E-state index in [0.29, 0.717) is 35.2 Å². The summed E-state index contributed by atoms with van der Waals surface area (Å²) in [4.78, 5) is 32.7. The highest BCUT2D eigenvalue weighted by molar-refractivity contribution is 5.96. The number of rotatable bonds is 7. The minimum absolute atomic E-state index is 0.215. The summed E-state index contributed by atoms with van der Waals surface area (Å²) in [7, 11) is 0. The Morgan fingerprint density at radius 3 is 2.53 bits per heavy atom. The van der Waals surface area contributed by atoms with Crippen molar-refractivity contribution in [1.29, 1.82) is 0 Å². The van der Waals surface area contributed by atoms with E-state index < -0.39 is 0 Å². The normalized spacial score (nSPS) is 16.4. The lowest BCUT2D eigenvalue weighted by molar-refractivity contribution is 0.0944. The van der Waals surface area contributed by atoms with Gasteiger partial charge in [0, 0.05) is 31.7 Å². The van der Waals surface area contributed by atoms with Crippen molar-refractivity contribution in [2.75, 3.05) is 18.0 Å². The van der Waals surface area contributed by atoms with E-state index in [1.165, 1.54) is 36.8 Å². The first-order chi connectivity index (χ1) is 16.5. The Labute approximate surface area is 199 Å². The van der Waals surface area contributed by atoms with Crippen LogP contribution in [0.25, 0.3) is 0 Å². The van der Waals surface area contributed by atoms with E-state index in [-0.39, 0.29) is 12.5 Å². The van der Waals surface area contributed by atoms with Crippen LogP contribution >= 0.6 is 0 Å². The molecule has 5 rings (SSSR count). The third-order valence-corrected chi connectivity index (χ3v) is 7.02. The van der Waals surface area contributed by atoms with Crippen LogP contribution in [0.1, 0.15) is 58.6 Å². The van der Waals surface area contributed by atoms with Gasteiger partial charge in [-0.1, -0.05) is 18.2 Å². The average Bonchev–Trinajstić information content (AvgIpc) is 3.63. The van der Waals surface area contributed by atoms with Crippen LogP contribution in [0.15, 0.2) is 42.9 Å². The van der Waals surface area contributed by atoms with Gasteiger partial charge in [-0.15, -0.1) is 0 Å². The van der Waals surface area contributed by atoms with E-state index in [2.05, 4.69) is 51.1 Å². The summed E-state index contributed by atoms with van der Waals surface area (Å²) in [6.45, 7) is 6.57. The Bertz CT molecular complexity index is 1170. The lowest BCUT2D eigenvalue weighted by atomic mass is 9.94. The zero-order chi connectivity index (χ0) is 23.5. The molecule has 2 aromatic heterocycles. The molecule has 1 aliphatic heterocycles. The SMILES string of the molecule is Cc1ccc(COc2nc(N3CCC4(CC3)CC4)ncc2C(=O)NCc2ncccn2)cc1C. The zero-order valence-corrected chi connectivity index (χ0v) is 19.8. The zero-order valence-electron chi connectivity index (χ0n) is 19.8. The van der Waals surface area contributed by atoms with Gasteiger partial charge in [-0.3, -0.25) is 4.79 Å². The van der Waals surface area contributed by atoms with E-state index in [4.69, 9.17) is 9.72 Å². The van der Waals surface area contributed by atoms with Crippen molar-refractivity contribution in [3.8, 4) is 5.88 Å². The molecule has 1 N–H and O–H groups in total. The first-order valence-corrected chi connectivity index (χ1v) is 11.9. The van der Waals surface area contributed by atoms with Crippen LogP contribution in [0.4, 0.5) is 5.95 Å². The molecule has 3 heterocycles. The molecule has 176 valence electrons. The molecule has 0 atom stereocenters. The number of amides is 1. The Morgan fingerprint density at radius 2 is 1.82 bits per heavy atom. The second kappa shape index (κ2) is 9.37. The predicted octanol–water partition coefficient (Wildman–Crippen LogP) is 3.77. The molecule has 8 heteroatoms. The highest BCUT2D eigenvalue weighted by Crippen LogP contribution is 2.53. The first kappa shape index (κ1) is 22.3. The number of nitrogens with one attached hydrogen (secondary N) is 1. The number of anilines is 1. The number of hydrogen-bond donors (Lipinski definition) is 1. The van der Waals surface area contributed by atoms with Crippen LogP contribution in [0.2, 0.25) is 0 Å². The Morgan fingerprint density at radius 1 is 1.06 bits per heavy atom. The van der Waals surface area contributed by atoms with E-state index in [0.717, 1.165) is 18.7 Å². The van der Waals surface area contributed by atoms with Crippen LogP contribution < -0.4 is 15.0 Å². The molecule has 1 saturated carbocycles. The van der Waals surface area contributed by atoms with Crippen LogP contribution in [-0.4, -0.2) is 38.9 Å². The van der Waals surface area contributed by atoms with Crippen molar-refractivity contribution in [3.05, 3.63) is 70.9 Å². The standard InChI is InChI=1S/C26H30N6O2/c1-18-4-5-20(14-19(18)2)17-34-24-21(23(33)29-16-22-27-10-3-11-28-22)15-30-25(31-24)32-12-8-26(6-7-26)9-13-32/h3-5,10-11,14-15H,6-9,12-13,16-17H2,1-2H3,(H,29,33). The summed E-state index contributed by atoms with van der Waals surface area (Å²) >= 11 is 0. The highest BCUT2D eigenvalue weighted by atomic mass is 16.5. The second-order valence-electron chi connectivity index (χ2n) is 9.43. The molecular weight excluding hydrogens is 428 g/mol. The maximum Gasteiger partial charge on any atom is 0.258 e. The van der Waals surface area contributed by atoms with Gasteiger partial charge < -0.3 is 15.0 Å². The summed E-state index contributed by atoms with van der Waals surface area (Å²) in [5.74, 6) is 1.13. The van der Waals surface area contributed by atoms with E-state index in [1.54, 1.807) is 24.7 Å². The van der Waals surface area contributed by atoms with Crippen molar-refractivity contribution in [2.24, 2.45) is 5.41 Å². The van der Waals surface area contributed by atoms with Crippen LogP contribution in [-0.2, 0) is 13.2 Å². The van der Waals surface area contributed by atoms with E-state index in [1.807, 2.05) is 6.07 Å². The number of hydrogen-bond acceptors (Lipinski definition) is 7. The van der Waals surface area contributed by atoms with Crippen molar-refractivity contribution >= 4 is 11.9 Å². The van der Waals surface area contributed by atoms with Crippen LogP contribution in [0, 0.1) is 19.3 Å². The van der Waals surface area contributed by atoms with Gasteiger partial charge in [-0.25, -0.2) is 15.0 Å². The number of aromatic nitrogens is 4. The average molecular weight is 459 g/mol. The number of carbonyl (C=O) groups excluding carboxylic acids is 1. The second-order valence-corrected chi connectivity index (χ2v) is 9.43. The number of piperidine rings is 1. The van der Waals surface area contributed by atoms with Crippen LogP contribution in [0.5, 0.6) is 5.88 Å². The highest BCUT2D eigenvalue weighted by Gasteiger charge is 2.44. The van der Waals surface area contributed by atoms with Gasteiger partial charge in [0.25, 0.3) is 5.91 Å². The number of nitrogens with zero attached hydrogens (tertiary/aromatic N) is 5. The molecule has 2 fully saturated rings. The Kier molecular flexibility index (Phi) is 6.13. The molecule has 1 aliphatic carbocycles. The molecule has 8 nitrogen and oxygen atoms in total. The fraction of sp³-hybridized carbons (Fsp3) is 0.423.